The minimum Gasteiger partial charge on any atom is -0.455 e. The predicted molar refractivity (Wildman–Crippen MR) is 111 cm³/mol. The number of nitrogens with one attached hydrogen (secondary N) is 1. The molecule has 4 aromatic rings. The summed E-state index contributed by atoms with van der Waals surface area (Å²) in [4.78, 5) is 30.0. The average Bonchev–Trinajstić information content (AvgIpc) is 3.05. The maximum Gasteiger partial charge on any atom is 0.349 e. The van der Waals surface area contributed by atoms with Crippen molar-refractivity contribution < 1.29 is 4.74 Å². The molecule has 0 fully saturated rings. The first-order valence-corrected chi connectivity index (χ1v) is 9.68. The van der Waals surface area contributed by atoms with Crippen molar-refractivity contribution in [1.82, 2.24) is 24.3 Å². The summed E-state index contributed by atoms with van der Waals surface area (Å²) in [6.45, 7) is 0. The third-order valence-electron chi connectivity index (χ3n) is 4.08. The summed E-state index contributed by atoms with van der Waals surface area (Å²) in [7, 11) is 1.89. The van der Waals surface area contributed by atoms with E-state index < -0.39 is 16.9 Å². The van der Waals surface area contributed by atoms with Gasteiger partial charge < -0.3 is 9.30 Å². The Hall–Kier alpha value is -3.23. The van der Waals surface area contributed by atoms with Gasteiger partial charge in [-0.3, -0.25) is 9.78 Å². The van der Waals surface area contributed by atoms with Crippen molar-refractivity contribution in [3.05, 3.63) is 72.1 Å². The summed E-state index contributed by atoms with van der Waals surface area (Å²) in [5, 5.41) is 12.8. The number of benzene rings is 2. The topological polar surface area (TPSA) is 119 Å². The molecular weight excluding hydrogens is 508 g/mol. The monoisotopic (exact) mass is 516 g/mol. The van der Waals surface area contributed by atoms with Crippen LogP contribution in [0.25, 0.3) is 16.7 Å². The van der Waals surface area contributed by atoms with Crippen LogP contribution < -0.4 is 16.0 Å². The molecule has 4 rings (SSSR count). The first-order valence-electron chi connectivity index (χ1n) is 8.09. The van der Waals surface area contributed by atoms with Gasteiger partial charge in [-0.2, -0.15) is 9.94 Å². The second-order valence-corrected chi connectivity index (χ2v) is 7.69. The van der Waals surface area contributed by atoms with E-state index in [1.807, 2.05) is 23.7 Å². The fourth-order valence-electron chi connectivity index (χ4n) is 2.70. The second kappa shape index (κ2) is 7.31. The van der Waals surface area contributed by atoms with Crippen LogP contribution in [0.15, 0.2) is 55.2 Å². The molecule has 29 heavy (non-hydrogen) atoms. The fourth-order valence-corrected chi connectivity index (χ4v) is 4.03. The van der Waals surface area contributed by atoms with E-state index in [-0.39, 0.29) is 0 Å². The van der Waals surface area contributed by atoms with Crippen LogP contribution >= 0.6 is 31.9 Å². The van der Waals surface area contributed by atoms with Gasteiger partial charge in [0.25, 0.3) is 5.56 Å². The van der Waals surface area contributed by atoms with Crippen molar-refractivity contribution in [1.29, 1.82) is 5.26 Å². The lowest BCUT2D eigenvalue weighted by Gasteiger charge is -2.13. The van der Waals surface area contributed by atoms with Gasteiger partial charge in [0.1, 0.15) is 11.8 Å². The molecule has 9 nitrogen and oxygen atoms in total. The molecule has 0 atom stereocenters. The van der Waals surface area contributed by atoms with Gasteiger partial charge >= 0.3 is 5.69 Å². The largest absolute Gasteiger partial charge is 0.455 e. The number of nitriles is 1. The lowest BCUT2D eigenvalue weighted by atomic mass is 10.2. The fraction of sp³-hybridized carbons (Fsp3) is 0.0556. The Labute approximate surface area is 179 Å². The van der Waals surface area contributed by atoms with Crippen molar-refractivity contribution >= 4 is 42.9 Å². The smallest absolute Gasteiger partial charge is 0.349 e. The molecule has 144 valence electrons. The average molecular weight is 518 g/mol. The van der Waals surface area contributed by atoms with Gasteiger partial charge in [0, 0.05) is 13.1 Å². The zero-order valence-corrected chi connectivity index (χ0v) is 17.9. The van der Waals surface area contributed by atoms with E-state index in [9.17, 15) is 9.59 Å². The van der Waals surface area contributed by atoms with Crippen LogP contribution in [0, 0.1) is 11.3 Å². The lowest BCUT2D eigenvalue weighted by molar-refractivity contribution is 0.477. The third-order valence-corrected chi connectivity index (χ3v) is 5.26. The van der Waals surface area contributed by atoms with E-state index in [2.05, 4.69) is 46.9 Å². The number of imidazole rings is 1. The zero-order valence-electron chi connectivity index (χ0n) is 14.7. The van der Waals surface area contributed by atoms with Crippen LogP contribution in [0.3, 0.4) is 0 Å². The number of hydrogen-bond donors (Lipinski definition) is 1. The van der Waals surface area contributed by atoms with Gasteiger partial charge in [-0.25, -0.2) is 9.78 Å². The first-order chi connectivity index (χ1) is 13.9. The molecule has 0 unspecified atom stereocenters. The molecule has 11 heteroatoms. The Morgan fingerprint density at radius 2 is 1.90 bits per heavy atom. The Morgan fingerprint density at radius 3 is 2.59 bits per heavy atom. The van der Waals surface area contributed by atoms with E-state index >= 15 is 0 Å². The van der Waals surface area contributed by atoms with Crippen molar-refractivity contribution in [2.45, 2.75) is 0 Å². The lowest BCUT2D eigenvalue weighted by Crippen LogP contribution is -2.33. The van der Waals surface area contributed by atoms with Gasteiger partial charge in [-0.1, -0.05) is 0 Å². The molecular formula is C18H10Br2N6O3. The summed E-state index contributed by atoms with van der Waals surface area (Å²) < 4.78 is 9.89. The highest BCUT2D eigenvalue weighted by Gasteiger charge is 2.15. The molecule has 0 aliphatic carbocycles. The molecule has 0 amide bonds. The second-order valence-electron chi connectivity index (χ2n) is 5.98. The van der Waals surface area contributed by atoms with Gasteiger partial charge in [0.15, 0.2) is 5.75 Å². The van der Waals surface area contributed by atoms with E-state index in [0.717, 1.165) is 15.7 Å². The number of nitrogens with zero attached hydrogens (tertiary/aromatic N) is 5. The van der Waals surface area contributed by atoms with Crippen molar-refractivity contribution in [3.8, 4) is 23.3 Å². The molecule has 0 spiro atoms. The number of aromatic amines is 1. The Morgan fingerprint density at radius 1 is 1.17 bits per heavy atom. The Kier molecular flexibility index (Phi) is 4.81. The number of aromatic nitrogens is 5. The highest BCUT2D eigenvalue weighted by atomic mass is 79.9. The van der Waals surface area contributed by atoms with E-state index in [4.69, 9.17) is 10.00 Å². The summed E-state index contributed by atoms with van der Waals surface area (Å²) in [5.41, 5.74) is 0.0858. The van der Waals surface area contributed by atoms with E-state index in [1.165, 1.54) is 0 Å². The normalized spacial score (nSPS) is 10.8. The maximum absolute atomic E-state index is 12.1. The minimum atomic E-state index is -0.836. The van der Waals surface area contributed by atoms with E-state index in [1.54, 1.807) is 30.6 Å². The first kappa shape index (κ1) is 19.1. The maximum atomic E-state index is 12.1. The summed E-state index contributed by atoms with van der Waals surface area (Å²) >= 11 is 6.86. The molecule has 0 bridgehead atoms. The van der Waals surface area contributed by atoms with Gasteiger partial charge in [0.2, 0.25) is 5.69 Å². The number of ether oxygens (including phenoxy) is 1. The molecule has 0 saturated heterocycles. The number of aryl methyl sites for hydroxylation is 1. The predicted octanol–water partition coefficient (Wildman–Crippen LogP) is 3.00. The molecule has 0 saturated carbocycles. The van der Waals surface area contributed by atoms with Crippen molar-refractivity contribution in [2.75, 3.05) is 0 Å². The van der Waals surface area contributed by atoms with E-state index in [0.29, 0.717) is 26.1 Å². The Balaban J connectivity index is 1.76. The summed E-state index contributed by atoms with van der Waals surface area (Å²) in [6.07, 6.45) is 1.72. The standard InChI is InChI=1S/C18H10Br2N6O3/c1-25-8-22-13-3-2-10(6-15(13)25)29-16-11(19)4-9(5-12(16)20)26-18(28)23-17(27)14(7-21)24-26/h2-6,8H,1H3,(H,23,27,28). The van der Waals surface area contributed by atoms with Crippen LogP contribution in [0.4, 0.5) is 0 Å². The van der Waals surface area contributed by atoms with Crippen molar-refractivity contribution in [2.24, 2.45) is 7.05 Å². The number of halogens is 2. The molecule has 0 aliphatic rings. The molecule has 1 N–H and O–H groups in total. The zero-order chi connectivity index (χ0) is 20.7. The Bertz CT molecular complexity index is 1410. The number of rotatable bonds is 3. The van der Waals surface area contributed by atoms with Crippen LogP contribution in [-0.2, 0) is 7.05 Å². The summed E-state index contributed by atoms with van der Waals surface area (Å²) in [5.74, 6) is 1.08. The number of fused-ring (bicyclic) bond motifs is 1. The number of H-pyrrole nitrogens is 1. The molecule has 2 aromatic heterocycles. The minimum absolute atomic E-state index is 0.330. The van der Waals surface area contributed by atoms with Gasteiger partial charge in [-0.05, 0) is 56.1 Å². The van der Waals surface area contributed by atoms with Crippen LogP contribution in [0.5, 0.6) is 11.5 Å². The van der Waals surface area contributed by atoms with Crippen LogP contribution in [0.2, 0.25) is 0 Å². The summed E-state index contributed by atoms with van der Waals surface area (Å²) in [6, 6.07) is 10.4. The van der Waals surface area contributed by atoms with Crippen LogP contribution in [0.1, 0.15) is 5.69 Å². The van der Waals surface area contributed by atoms with Crippen LogP contribution in [-0.4, -0.2) is 24.3 Å². The molecule has 0 aliphatic heterocycles. The molecule has 2 aromatic carbocycles. The van der Waals surface area contributed by atoms with Gasteiger partial charge in [-0.15, -0.1) is 5.10 Å². The highest BCUT2D eigenvalue weighted by Crippen LogP contribution is 2.38. The molecule has 2 heterocycles. The quantitative estimate of drug-likeness (QED) is 0.446. The van der Waals surface area contributed by atoms with Crippen molar-refractivity contribution in [3.63, 3.8) is 0 Å². The van der Waals surface area contributed by atoms with Gasteiger partial charge in [0.05, 0.1) is 32.0 Å². The molecule has 0 radical (unpaired) electrons. The highest BCUT2D eigenvalue weighted by molar-refractivity contribution is 9.11. The number of hydrogen-bond acceptors (Lipinski definition) is 6. The SMILES string of the molecule is Cn1cnc2ccc(Oc3c(Br)cc(-n4nc(C#N)c(=O)[nH]c4=O)cc3Br)cc21. The third kappa shape index (κ3) is 3.48.